The van der Waals surface area contributed by atoms with Gasteiger partial charge in [0.15, 0.2) is 6.61 Å². The van der Waals surface area contributed by atoms with Crippen molar-refractivity contribution in [3.05, 3.63) is 47.0 Å². The minimum atomic E-state index is -0.0932. The maximum absolute atomic E-state index is 12.4. The Balaban J connectivity index is 1.62. The molecule has 1 aliphatic rings. The first-order valence-corrected chi connectivity index (χ1v) is 9.53. The SMILES string of the molecule is Cc1cc(OCC(=O)N[C@@H]2CCC[C@@H]2n2ccnc2)c(C(C)C)cc1Cl. The molecular formula is C20H26ClN3O2. The summed E-state index contributed by atoms with van der Waals surface area (Å²) in [5.74, 6) is 0.908. The van der Waals surface area contributed by atoms with Gasteiger partial charge in [-0.15, -0.1) is 0 Å². The van der Waals surface area contributed by atoms with Crippen LogP contribution in [0, 0.1) is 6.92 Å². The molecule has 0 spiro atoms. The van der Waals surface area contributed by atoms with Gasteiger partial charge in [0, 0.05) is 23.5 Å². The Labute approximate surface area is 159 Å². The monoisotopic (exact) mass is 375 g/mol. The third-order valence-corrected chi connectivity index (χ3v) is 5.41. The van der Waals surface area contributed by atoms with Crippen LogP contribution >= 0.6 is 11.6 Å². The summed E-state index contributed by atoms with van der Waals surface area (Å²) in [7, 11) is 0. The lowest BCUT2D eigenvalue weighted by atomic mass is 10.0. The zero-order valence-electron chi connectivity index (χ0n) is 15.5. The number of nitrogens with zero attached hydrogens (tertiary/aromatic N) is 2. The molecule has 0 bridgehead atoms. The molecule has 5 nitrogen and oxygen atoms in total. The first-order valence-electron chi connectivity index (χ1n) is 9.15. The predicted molar refractivity (Wildman–Crippen MR) is 103 cm³/mol. The molecule has 0 unspecified atom stereocenters. The van der Waals surface area contributed by atoms with Crippen molar-refractivity contribution in [2.75, 3.05) is 6.61 Å². The van der Waals surface area contributed by atoms with Crippen molar-refractivity contribution in [2.24, 2.45) is 0 Å². The first-order chi connectivity index (χ1) is 12.5. The van der Waals surface area contributed by atoms with E-state index >= 15 is 0 Å². The van der Waals surface area contributed by atoms with Crippen LogP contribution in [0.2, 0.25) is 5.02 Å². The van der Waals surface area contributed by atoms with Gasteiger partial charge in [-0.05, 0) is 55.4 Å². The van der Waals surface area contributed by atoms with E-state index in [1.54, 1.807) is 6.20 Å². The number of aryl methyl sites for hydroxylation is 1. The Morgan fingerprint density at radius 2 is 2.23 bits per heavy atom. The zero-order valence-corrected chi connectivity index (χ0v) is 16.3. The van der Waals surface area contributed by atoms with E-state index in [0.717, 1.165) is 41.2 Å². The van der Waals surface area contributed by atoms with Gasteiger partial charge in [-0.2, -0.15) is 0 Å². The molecule has 1 aliphatic carbocycles. The number of carbonyl (C=O) groups is 1. The summed E-state index contributed by atoms with van der Waals surface area (Å²) >= 11 is 6.23. The Morgan fingerprint density at radius 3 is 2.92 bits per heavy atom. The lowest BCUT2D eigenvalue weighted by molar-refractivity contribution is -0.124. The number of carbonyl (C=O) groups excluding carboxylic acids is 1. The number of hydrogen-bond acceptors (Lipinski definition) is 3. The minimum Gasteiger partial charge on any atom is -0.483 e. The van der Waals surface area contributed by atoms with Crippen LogP contribution in [-0.4, -0.2) is 28.1 Å². The number of amides is 1. The highest BCUT2D eigenvalue weighted by Gasteiger charge is 2.29. The van der Waals surface area contributed by atoms with E-state index < -0.39 is 0 Å². The minimum absolute atomic E-state index is 0.00788. The number of aromatic nitrogens is 2. The fourth-order valence-electron chi connectivity index (χ4n) is 3.57. The van der Waals surface area contributed by atoms with Crippen LogP contribution in [0.25, 0.3) is 0 Å². The topological polar surface area (TPSA) is 56.1 Å². The van der Waals surface area contributed by atoms with Crippen LogP contribution in [0.1, 0.15) is 56.2 Å². The maximum atomic E-state index is 12.4. The molecule has 1 saturated carbocycles. The fraction of sp³-hybridized carbons (Fsp3) is 0.500. The van der Waals surface area contributed by atoms with Gasteiger partial charge in [0.25, 0.3) is 5.91 Å². The average Bonchev–Trinajstić information content (AvgIpc) is 3.26. The van der Waals surface area contributed by atoms with Crippen LogP contribution < -0.4 is 10.1 Å². The zero-order chi connectivity index (χ0) is 18.7. The second kappa shape index (κ2) is 8.12. The van der Waals surface area contributed by atoms with Crippen LogP contribution in [0.15, 0.2) is 30.9 Å². The van der Waals surface area contributed by atoms with Gasteiger partial charge >= 0.3 is 0 Å². The van der Waals surface area contributed by atoms with E-state index in [-0.39, 0.29) is 30.5 Å². The summed E-state index contributed by atoms with van der Waals surface area (Å²) in [6.07, 6.45) is 8.68. The van der Waals surface area contributed by atoms with E-state index in [9.17, 15) is 4.79 Å². The third kappa shape index (κ3) is 4.21. The van der Waals surface area contributed by atoms with Crippen molar-refractivity contribution in [1.82, 2.24) is 14.9 Å². The summed E-state index contributed by atoms with van der Waals surface area (Å²) in [5.41, 5.74) is 1.97. The molecule has 1 fully saturated rings. The number of rotatable bonds is 6. The lowest BCUT2D eigenvalue weighted by Gasteiger charge is -2.22. The summed E-state index contributed by atoms with van der Waals surface area (Å²) < 4.78 is 7.92. The number of halogens is 1. The molecule has 1 aromatic heterocycles. The van der Waals surface area contributed by atoms with Crippen LogP contribution in [-0.2, 0) is 4.79 Å². The van der Waals surface area contributed by atoms with Gasteiger partial charge in [0.2, 0.25) is 0 Å². The van der Waals surface area contributed by atoms with Gasteiger partial charge < -0.3 is 14.6 Å². The smallest absolute Gasteiger partial charge is 0.258 e. The van der Waals surface area contributed by atoms with E-state index in [4.69, 9.17) is 16.3 Å². The lowest BCUT2D eigenvalue weighted by Crippen LogP contribution is -2.40. The molecule has 1 heterocycles. The third-order valence-electron chi connectivity index (χ3n) is 5.01. The highest BCUT2D eigenvalue weighted by atomic mass is 35.5. The van der Waals surface area contributed by atoms with Gasteiger partial charge in [-0.3, -0.25) is 4.79 Å². The second-order valence-electron chi connectivity index (χ2n) is 7.26. The fourth-order valence-corrected chi connectivity index (χ4v) is 3.74. The van der Waals surface area contributed by atoms with Crippen molar-refractivity contribution >= 4 is 17.5 Å². The molecule has 0 saturated heterocycles. The van der Waals surface area contributed by atoms with Gasteiger partial charge in [-0.25, -0.2) is 4.98 Å². The highest BCUT2D eigenvalue weighted by Crippen LogP contribution is 2.32. The van der Waals surface area contributed by atoms with Crippen LogP contribution in [0.3, 0.4) is 0 Å². The average molecular weight is 376 g/mol. The first kappa shape index (κ1) is 18.8. The highest BCUT2D eigenvalue weighted by molar-refractivity contribution is 6.31. The van der Waals surface area contributed by atoms with E-state index in [1.165, 1.54) is 0 Å². The maximum Gasteiger partial charge on any atom is 0.258 e. The molecule has 3 rings (SSSR count). The molecular weight excluding hydrogens is 350 g/mol. The van der Waals surface area contributed by atoms with Crippen LogP contribution in [0.5, 0.6) is 5.75 Å². The Hall–Kier alpha value is -2.01. The Morgan fingerprint density at radius 1 is 1.42 bits per heavy atom. The molecule has 26 heavy (non-hydrogen) atoms. The Bertz CT molecular complexity index is 759. The molecule has 140 valence electrons. The van der Waals surface area contributed by atoms with Crippen molar-refractivity contribution in [1.29, 1.82) is 0 Å². The van der Waals surface area contributed by atoms with Crippen molar-refractivity contribution in [3.63, 3.8) is 0 Å². The van der Waals surface area contributed by atoms with Crippen molar-refractivity contribution < 1.29 is 9.53 Å². The number of imidazole rings is 1. The number of hydrogen-bond donors (Lipinski definition) is 1. The van der Waals surface area contributed by atoms with E-state index in [2.05, 4.69) is 28.7 Å². The number of ether oxygens (including phenoxy) is 1. The summed E-state index contributed by atoms with van der Waals surface area (Å²) in [6, 6.07) is 4.23. The molecule has 1 aromatic carbocycles. The summed E-state index contributed by atoms with van der Waals surface area (Å²) in [5, 5.41) is 3.85. The van der Waals surface area contributed by atoms with Crippen molar-refractivity contribution in [2.45, 2.75) is 58.0 Å². The van der Waals surface area contributed by atoms with E-state index in [1.807, 2.05) is 31.6 Å². The largest absolute Gasteiger partial charge is 0.483 e. The number of nitrogens with one attached hydrogen (secondary N) is 1. The molecule has 1 amide bonds. The van der Waals surface area contributed by atoms with E-state index in [0.29, 0.717) is 0 Å². The normalized spacial score (nSPS) is 19.7. The van der Waals surface area contributed by atoms with Crippen molar-refractivity contribution in [3.8, 4) is 5.75 Å². The van der Waals surface area contributed by atoms with Gasteiger partial charge in [0.05, 0.1) is 12.4 Å². The molecule has 1 N–H and O–H groups in total. The quantitative estimate of drug-likeness (QED) is 0.820. The Kier molecular flexibility index (Phi) is 5.87. The summed E-state index contributed by atoms with van der Waals surface area (Å²) in [4.78, 5) is 16.5. The molecule has 2 aromatic rings. The standard InChI is InChI=1S/C20H26ClN3O2/c1-13(2)15-10-16(21)14(3)9-19(15)26-11-20(25)23-17-5-4-6-18(17)24-8-7-22-12-24/h7-10,12-13,17-18H,4-6,11H2,1-3H3,(H,23,25)/t17-,18+/m1/s1. The predicted octanol–water partition coefficient (Wildman–Crippen LogP) is 4.26. The molecule has 0 radical (unpaired) electrons. The van der Waals surface area contributed by atoms with Gasteiger partial charge in [0.1, 0.15) is 5.75 Å². The summed E-state index contributed by atoms with van der Waals surface area (Å²) in [6.45, 7) is 6.12. The van der Waals surface area contributed by atoms with Crippen LogP contribution in [0.4, 0.5) is 0 Å². The molecule has 2 atom stereocenters. The molecule has 6 heteroatoms. The number of benzene rings is 1. The second-order valence-corrected chi connectivity index (χ2v) is 7.67. The van der Waals surface area contributed by atoms with Gasteiger partial charge in [-0.1, -0.05) is 25.4 Å². The molecule has 0 aliphatic heterocycles.